The van der Waals surface area contributed by atoms with Crippen LogP contribution in [0.15, 0.2) is 12.1 Å². The minimum atomic E-state index is -3.39. The summed E-state index contributed by atoms with van der Waals surface area (Å²) >= 11 is 5.64. The first-order valence-corrected chi connectivity index (χ1v) is 7.41. The largest absolute Gasteiger partial charge is 0.363 e. The lowest BCUT2D eigenvalue weighted by Gasteiger charge is -2.07. The average Bonchev–Trinajstić information content (AvgIpc) is 2.28. The lowest BCUT2D eigenvalue weighted by molar-refractivity contribution is -0.384. The first kappa shape index (κ1) is 15.6. The van der Waals surface area contributed by atoms with Crippen LogP contribution >= 0.6 is 11.6 Å². The monoisotopic (exact) mass is 308 g/mol. The average molecular weight is 309 g/mol. The number of sulfonamides is 1. The van der Waals surface area contributed by atoms with E-state index in [1.165, 1.54) is 12.1 Å². The Balaban J connectivity index is 2.73. The lowest BCUT2D eigenvalue weighted by atomic mass is 10.4. The molecule has 1 aromatic heterocycles. The molecular formula is C9H13ClN4O4S. The Labute approximate surface area is 115 Å². The highest BCUT2D eigenvalue weighted by Gasteiger charge is 2.16. The van der Waals surface area contributed by atoms with Crippen LogP contribution in [0.4, 0.5) is 11.5 Å². The van der Waals surface area contributed by atoms with E-state index in [4.69, 9.17) is 11.6 Å². The van der Waals surface area contributed by atoms with Crippen LogP contribution in [0.5, 0.6) is 0 Å². The van der Waals surface area contributed by atoms with Crippen molar-refractivity contribution in [2.75, 3.05) is 24.2 Å². The van der Waals surface area contributed by atoms with Crippen LogP contribution in [-0.4, -0.2) is 37.2 Å². The normalized spacial score (nSPS) is 11.3. The highest BCUT2D eigenvalue weighted by atomic mass is 35.5. The molecule has 0 saturated carbocycles. The first-order valence-electron chi connectivity index (χ1n) is 5.38. The third-order valence-corrected chi connectivity index (χ3v) is 3.74. The third-order valence-electron chi connectivity index (χ3n) is 2.06. The maximum atomic E-state index is 11.4. The Morgan fingerprint density at radius 2 is 2.16 bits per heavy atom. The minimum Gasteiger partial charge on any atom is -0.363 e. The fraction of sp³-hybridized carbons (Fsp3) is 0.444. The van der Waals surface area contributed by atoms with E-state index in [9.17, 15) is 18.5 Å². The van der Waals surface area contributed by atoms with Gasteiger partial charge in [0.05, 0.1) is 10.7 Å². The van der Waals surface area contributed by atoms with Crippen molar-refractivity contribution in [3.8, 4) is 0 Å². The number of anilines is 1. The zero-order valence-corrected chi connectivity index (χ0v) is 11.7. The molecule has 0 radical (unpaired) electrons. The maximum Gasteiger partial charge on any atom is 0.311 e. The molecule has 0 aliphatic rings. The molecule has 0 amide bonds. The zero-order valence-electron chi connectivity index (χ0n) is 10.1. The minimum absolute atomic E-state index is 0.0104. The van der Waals surface area contributed by atoms with Crippen LogP contribution in [0, 0.1) is 10.1 Å². The third kappa shape index (κ3) is 4.97. The van der Waals surface area contributed by atoms with Gasteiger partial charge in [-0.15, -0.1) is 0 Å². The second-order valence-corrected chi connectivity index (χ2v) is 5.82. The van der Waals surface area contributed by atoms with Crippen molar-refractivity contribution in [3.63, 3.8) is 0 Å². The van der Waals surface area contributed by atoms with Crippen molar-refractivity contribution in [2.24, 2.45) is 0 Å². The van der Waals surface area contributed by atoms with Gasteiger partial charge in [-0.05, 0) is 6.07 Å². The maximum absolute atomic E-state index is 11.4. The molecule has 2 N–H and O–H groups in total. The van der Waals surface area contributed by atoms with Gasteiger partial charge in [0.1, 0.15) is 5.15 Å². The van der Waals surface area contributed by atoms with E-state index >= 15 is 0 Å². The molecular weight excluding hydrogens is 296 g/mol. The van der Waals surface area contributed by atoms with Crippen molar-refractivity contribution < 1.29 is 13.3 Å². The Kier molecular flexibility index (Phi) is 5.45. The van der Waals surface area contributed by atoms with Gasteiger partial charge in [0.15, 0.2) is 0 Å². The molecule has 0 fully saturated rings. The molecule has 0 bridgehead atoms. The SMILES string of the molecule is CCNS(=O)(=O)CCNc1nc(Cl)ccc1[N+](=O)[O-]. The highest BCUT2D eigenvalue weighted by Crippen LogP contribution is 2.23. The number of nitrogens with one attached hydrogen (secondary N) is 2. The number of rotatable bonds is 7. The molecule has 0 aromatic carbocycles. The number of hydrogen-bond acceptors (Lipinski definition) is 6. The molecule has 0 aliphatic heterocycles. The predicted octanol–water partition coefficient (Wildman–Crippen LogP) is 0.994. The van der Waals surface area contributed by atoms with Gasteiger partial charge in [0, 0.05) is 19.2 Å². The van der Waals surface area contributed by atoms with E-state index in [0.717, 1.165) is 0 Å². The van der Waals surface area contributed by atoms with E-state index in [1.807, 2.05) is 0 Å². The van der Waals surface area contributed by atoms with Crippen LogP contribution in [0.3, 0.4) is 0 Å². The number of nitrogens with zero attached hydrogens (tertiary/aromatic N) is 2. The van der Waals surface area contributed by atoms with E-state index in [-0.39, 0.29) is 35.5 Å². The highest BCUT2D eigenvalue weighted by molar-refractivity contribution is 7.89. The van der Waals surface area contributed by atoms with E-state index in [1.54, 1.807) is 6.92 Å². The van der Waals surface area contributed by atoms with Crippen LogP contribution in [0.25, 0.3) is 0 Å². The number of halogens is 1. The lowest BCUT2D eigenvalue weighted by Crippen LogP contribution is -2.29. The van der Waals surface area contributed by atoms with Gasteiger partial charge in [-0.25, -0.2) is 18.1 Å². The van der Waals surface area contributed by atoms with Crippen LogP contribution in [0.1, 0.15) is 6.92 Å². The summed E-state index contributed by atoms with van der Waals surface area (Å²) in [7, 11) is -3.39. The topological polar surface area (TPSA) is 114 Å². The summed E-state index contributed by atoms with van der Waals surface area (Å²) in [6, 6.07) is 2.50. The number of hydrogen-bond donors (Lipinski definition) is 2. The Bertz CT molecular complexity index is 563. The molecule has 0 atom stereocenters. The van der Waals surface area contributed by atoms with Crippen molar-refractivity contribution in [2.45, 2.75) is 6.92 Å². The van der Waals surface area contributed by atoms with Gasteiger partial charge in [0.2, 0.25) is 15.8 Å². The summed E-state index contributed by atoms with van der Waals surface area (Å²) in [6.45, 7) is 1.94. The standard InChI is InChI=1S/C9H13ClN4O4S/c1-2-12-19(17,18)6-5-11-9-7(14(15)16)3-4-8(10)13-9/h3-4,12H,2,5-6H2,1H3,(H,11,13). The van der Waals surface area contributed by atoms with Gasteiger partial charge in [-0.2, -0.15) is 0 Å². The molecule has 1 heterocycles. The summed E-state index contributed by atoms with van der Waals surface area (Å²) in [6.07, 6.45) is 0. The van der Waals surface area contributed by atoms with Crippen LogP contribution in [0.2, 0.25) is 5.15 Å². The summed E-state index contributed by atoms with van der Waals surface area (Å²) in [5, 5.41) is 13.4. The molecule has 0 spiro atoms. The Hall–Kier alpha value is -1.45. The molecule has 1 rings (SSSR count). The molecule has 19 heavy (non-hydrogen) atoms. The van der Waals surface area contributed by atoms with Gasteiger partial charge in [-0.1, -0.05) is 18.5 Å². The molecule has 106 valence electrons. The summed E-state index contributed by atoms with van der Waals surface area (Å²) < 4.78 is 25.1. The van der Waals surface area contributed by atoms with E-state index in [0.29, 0.717) is 0 Å². The van der Waals surface area contributed by atoms with Crippen molar-refractivity contribution in [3.05, 3.63) is 27.4 Å². The molecule has 0 unspecified atom stereocenters. The number of pyridine rings is 1. The molecule has 0 aliphatic carbocycles. The van der Waals surface area contributed by atoms with Gasteiger partial charge < -0.3 is 5.32 Å². The van der Waals surface area contributed by atoms with Crippen LogP contribution in [-0.2, 0) is 10.0 Å². The first-order chi connectivity index (χ1) is 8.85. The smallest absolute Gasteiger partial charge is 0.311 e. The fourth-order valence-corrected chi connectivity index (χ4v) is 2.40. The molecule has 8 nitrogen and oxygen atoms in total. The molecule has 0 saturated heterocycles. The zero-order chi connectivity index (χ0) is 14.5. The second kappa shape index (κ2) is 6.64. The quantitative estimate of drug-likeness (QED) is 0.441. The fourth-order valence-electron chi connectivity index (χ4n) is 1.30. The molecule has 1 aromatic rings. The van der Waals surface area contributed by atoms with Gasteiger partial charge >= 0.3 is 5.69 Å². The second-order valence-electron chi connectivity index (χ2n) is 3.50. The van der Waals surface area contributed by atoms with Crippen molar-refractivity contribution >= 4 is 33.1 Å². The van der Waals surface area contributed by atoms with E-state index < -0.39 is 14.9 Å². The number of nitro groups is 1. The van der Waals surface area contributed by atoms with Crippen LogP contribution < -0.4 is 10.0 Å². The summed E-state index contributed by atoms with van der Waals surface area (Å²) in [4.78, 5) is 13.9. The summed E-state index contributed by atoms with van der Waals surface area (Å²) in [5.74, 6) is -0.268. The van der Waals surface area contributed by atoms with Gasteiger partial charge in [0.25, 0.3) is 0 Å². The van der Waals surface area contributed by atoms with E-state index in [2.05, 4.69) is 15.0 Å². The van der Waals surface area contributed by atoms with Crippen molar-refractivity contribution in [1.82, 2.24) is 9.71 Å². The molecule has 10 heteroatoms. The Morgan fingerprint density at radius 3 is 2.74 bits per heavy atom. The Morgan fingerprint density at radius 1 is 1.47 bits per heavy atom. The number of aromatic nitrogens is 1. The predicted molar refractivity (Wildman–Crippen MR) is 71.9 cm³/mol. The van der Waals surface area contributed by atoms with Crippen molar-refractivity contribution in [1.29, 1.82) is 0 Å². The summed E-state index contributed by atoms with van der Waals surface area (Å²) in [5.41, 5.74) is -0.259. The van der Waals surface area contributed by atoms with Gasteiger partial charge in [-0.3, -0.25) is 10.1 Å².